The average molecular weight is 1250 g/mol. The number of nitrogens with zero attached hydrogens (tertiary/aromatic N) is 4. The van der Waals surface area contributed by atoms with Crippen molar-refractivity contribution in [2.45, 2.75) is 0 Å². The second-order valence-electron chi connectivity index (χ2n) is 25.8. The summed E-state index contributed by atoms with van der Waals surface area (Å²) in [5.74, 6) is 0. The molecule has 0 radical (unpaired) electrons. The fourth-order valence-electron chi connectivity index (χ4n) is 17.4. The van der Waals surface area contributed by atoms with Gasteiger partial charge in [-0.25, -0.2) is 0 Å². The fourth-order valence-corrected chi connectivity index (χ4v) is 27.7. The number of hydrogen-bond donors (Lipinski definition) is 0. The van der Waals surface area contributed by atoms with Crippen molar-refractivity contribution >= 4 is 158 Å². The molecule has 0 aromatic heterocycles. The van der Waals surface area contributed by atoms with Crippen molar-refractivity contribution in [1.29, 1.82) is 0 Å². The molecule has 0 saturated carbocycles. The van der Waals surface area contributed by atoms with E-state index in [1.165, 1.54) is 96.1 Å². The van der Waals surface area contributed by atoms with Crippen LogP contribution in [0.25, 0.3) is 54.6 Å². The average Bonchev–Trinajstić information content (AvgIpc) is 1.42. The highest BCUT2D eigenvalue weighted by Crippen LogP contribution is 2.60. The van der Waals surface area contributed by atoms with E-state index in [9.17, 15) is 0 Å². The van der Waals surface area contributed by atoms with Crippen LogP contribution in [0.4, 0.5) is 68.2 Å². The molecule has 6 heteroatoms. The van der Waals surface area contributed by atoms with Crippen molar-refractivity contribution < 1.29 is 0 Å². The number of para-hydroxylation sites is 6. The minimum atomic E-state index is -2.96. The Labute approximate surface area is 560 Å². The number of anilines is 12. The van der Waals surface area contributed by atoms with Crippen LogP contribution in [0.1, 0.15) is 0 Å². The molecule has 0 spiro atoms. The lowest BCUT2D eigenvalue weighted by molar-refractivity contribution is 1.18. The Bertz CT molecular complexity index is 5370. The number of hydrogen-bond acceptors (Lipinski definition) is 4. The highest BCUT2D eigenvalue weighted by atomic mass is 28.3. The van der Waals surface area contributed by atoms with Crippen molar-refractivity contribution in [1.82, 2.24) is 0 Å². The largest absolute Gasteiger partial charge is 0.306 e. The van der Waals surface area contributed by atoms with Gasteiger partial charge in [-0.1, -0.05) is 279 Å². The van der Waals surface area contributed by atoms with E-state index >= 15 is 0 Å². The predicted octanol–water partition coefficient (Wildman–Crippen LogP) is 18.4. The van der Waals surface area contributed by atoms with Gasteiger partial charge in [-0.15, -0.1) is 0 Å². The van der Waals surface area contributed by atoms with Crippen LogP contribution < -0.4 is 61.1 Å². The summed E-state index contributed by atoms with van der Waals surface area (Å²) in [5.41, 5.74) is 18.7. The maximum atomic E-state index is 2.62. The molecule has 0 amide bonds. The van der Waals surface area contributed by atoms with Crippen molar-refractivity contribution in [3.8, 4) is 22.3 Å². The molecule has 0 N–H and O–H groups in total. The van der Waals surface area contributed by atoms with Crippen molar-refractivity contribution in [3.63, 3.8) is 0 Å². The first-order valence-corrected chi connectivity index (χ1v) is 37.3. The summed E-state index contributed by atoms with van der Waals surface area (Å²) >= 11 is 0. The Morgan fingerprint density at radius 1 is 0.156 bits per heavy atom. The van der Waals surface area contributed by atoms with Gasteiger partial charge >= 0.3 is 0 Å². The predicted molar refractivity (Wildman–Crippen MR) is 410 cm³/mol. The molecule has 0 bridgehead atoms. The molecule has 448 valence electrons. The molecule has 0 fully saturated rings. The summed E-state index contributed by atoms with van der Waals surface area (Å²) in [7, 11) is -5.91. The zero-order valence-corrected chi connectivity index (χ0v) is 54.4. The molecule has 0 atom stereocenters. The molecule has 0 unspecified atom stereocenters. The molecule has 0 saturated heterocycles. The summed E-state index contributed by atoms with van der Waals surface area (Å²) in [6, 6.07) is 138. The van der Waals surface area contributed by atoms with Gasteiger partial charge in [0.25, 0.3) is 0 Å². The van der Waals surface area contributed by atoms with E-state index in [1.807, 2.05) is 0 Å². The van der Waals surface area contributed by atoms with Gasteiger partial charge in [-0.3, -0.25) is 0 Å². The topological polar surface area (TPSA) is 13.0 Å². The van der Waals surface area contributed by atoms with Gasteiger partial charge in [0.15, 0.2) is 16.1 Å². The summed E-state index contributed by atoms with van der Waals surface area (Å²) in [5, 5.41) is 18.2. The highest BCUT2D eigenvalue weighted by Gasteiger charge is 2.52. The lowest BCUT2D eigenvalue weighted by Gasteiger charge is -2.42. The van der Waals surface area contributed by atoms with Gasteiger partial charge in [0, 0.05) is 22.1 Å². The molecule has 4 heterocycles. The molecule has 16 aromatic rings. The van der Waals surface area contributed by atoms with E-state index in [1.54, 1.807) is 0 Å². The van der Waals surface area contributed by atoms with Crippen LogP contribution in [0.3, 0.4) is 0 Å². The van der Waals surface area contributed by atoms with Crippen molar-refractivity contribution in [2.24, 2.45) is 0 Å². The van der Waals surface area contributed by atoms with Crippen LogP contribution in [-0.2, 0) is 0 Å². The summed E-state index contributed by atoms with van der Waals surface area (Å²) in [6.45, 7) is 0. The molecule has 0 aliphatic carbocycles. The zero-order chi connectivity index (χ0) is 63.1. The van der Waals surface area contributed by atoms with Gasteiger partial charge in [-0.2, -0.15) is 0 Å². The minimum absolute atomic E-state index is 1.11. The Balaban J connectivity index is 0.868. The number of rotatable bonds is 8. The van der Waals surface area contributed by atoms with E-state index in [0.717, 1.165) is 68.2 Å². The quantitative estimate of drug-likeness (QED) is 0.111. The van der Waals surface area contributed by atoms with Crippen LogP contribution in [0, 0.1) is 0 Å². The third kappa shape index (κ3) is 7.59. The molecular formula is C90H60N4Si2. The normalized spacial score (nSPS) is 14.1. The van der Waals surface area contributed by atoms with E-state index in [4.69, 9.17) is 0 Å². The van der Waals surface area contributed by atoms with Crippen LogP contribution in [-0.4, -0.2) is 16.1 Å². The van der Waals surface area contributed by atoms with Crippen molar-refractivity contribution in [2.75, 3.05) is 19.6 Å². The fraction of sp³-hybridized carbons (Fsp3) is 0. The molecule has 96 heavy (non-hydrogen) atoms. The second kappa shape index (κ2) is 21.2. The van der Waals surface area contributed by atoms with Gasteiger partial charge in [0.2, 0.25) is 0 Å². The molecular weight excluding hydrogens is 1190 g/mol. The first kappa shape index (κ1) is 54.5. The van der Waals surface area contributed by atoms with E-state index < -0.39 is 16.1 Å². The SMILES string of the molecule is c1ccc(N2c3ccccc3N(c3cc4c5ccccc5c(N5c6ccccc6N(c6ccccc6)c6cc7c(cc65)[Si](c5ccccc5)(c5ccccc5)c5ccccc5-7)cc4c4ccccc34)c3cc4c(cc32)-c2ccccc2[Si]4(c2ccccc2)c2ccccc2)cc1. The smallest absolute Gasteiger partial charge is 0.180 e. The molecule has 4 aliphatic heterocycles. The van der Waals surface area contributed by atoms with Gasteiger partial charge in [0.1, 0.15) is 0 Å². The number of fused-ring (bicyclic) bond motifs is 15. The van der Waals surface area contributed by atoms with Crippen molar-refractivity contribution in [3.05, 3.63) is 364 Å². The molecule has 16 aromatic carbocycles. The van der Waals surface area contributed by atoms with Crippen LogP contribution in [0.15, 0.2) is 364 Å². The standard InChI is InChI=1S/C90H60N4Si2/c1-7-31-61(32-8-1)91-77-49-25-27-51-79(77)93(85-59-89-75(57-83(85)91)71-47-23-29-53-87(71)95(89,63-35-11-3-12-36-63)64-37-13-4-14-38-64)81-55-73-68-44-20-22-46-70(68)82(56-74(73)67-43-19-21-45-69(67)81)94-80-52-28-26-50-78(80)92(62-33-9-2-10-34-62)84-58-76-72-48-24-30-54-88(72)96(90(76)60-86(84)94,65-39-15-5-16-40-65)66-41-17-6-18-42-66/h1-60H. The lowest BCUT2D eigenvalue weighted by atomic mass is 9.92. The van der Waals surface area contributed by atoms with E-state index in [2.05, 4.69) is 384 Å². The summed E-state index contributed by atoms with van der Waals surface area (Å²) in [6.07, 6.45) is 0. The maximum Gasteiger partial charge on any atom is 0.180 e. The zero-order valence-electron chi connectivity index (χ0n) is 52.4. The number of benzene rings is 16. The maximum absolute atomic E-state index is 2.96. The Hall–Kier alpha value is -12.1. The van der Waals surface area contributed by atoms with E-state index in [0.29, 0.717) is 0 Å². The third-order valence-corrected chi connectivity index (χ3v) is 30.9. The van der Waals surface area contributed by atoms with Gasteiger partial charge < -0.3 is 19.6 Å². The third-order valence-electron chi connectivity index (χ3n) is 21.1. The molecule has 4 nitrogen and oxygen atoms in total. The van der Waals surface area contributed by atoms with Gasteiger partial charge in [-0.05, 0) is 170 Å². The molecule has 20 rings (SSSR count). The first-order chi connectivity index (χ1) is 47.7. The highest BCUT2D eigenvalue weighted by molar-refractivity contribution is 7.23. The van der Waals surface area contributed by atoms with Crippen LogP contribution >= 0.6 is 0 Å². The van der Waals surface area contributed by atoms with Gasteiger partial charge in [0.05, 0.1) is 56.9 Å². The molecule has 4 aliphatic rings. The van der Waals surface area contributed by atoms with E-state index in [-0.39, 0.29) is 0 Å². The summed E-state index contributed by atoms with van der Waals surface area (Å²) < 4.78 is 0. The van der Waals surface area contributed by atoms with Crippen LogP contribution in [0.5, 0.6) is 0 Å². The Morgan fingerprint density at radius 2 is 0.427 bits per heavy atom. The second-order valence-corrected chi connectivity index (χ2v) is 33.3. The Morgan fingerprint density at radius 3 is 0.781 bits per heavy atom. The summed E-state index contributed by atoms with van der Waals surface area (Å²) in [4.78, 5) is 10.3. The monoisotopic (exact) mass is 1250 g/mol. The minimum Gasteiger partial charge on any atom is -0.306 e. The lowest BCUT2D eigenvalue weighted by Crippen LogP contribution is -2.72. The Kier molecular flexibility index (Phi) is 12.1. The van der Waals surface area contributed by atoms with Crippen LogP contribution in [0.2, 0.25) is 0 Å². The first-order valence-electron chi connectivity index (χ1n) is 33.3.